The summed E-state index contributed by atoms with van der Waals surface area (Å²) in [6.07, 6.45) is 9.64. The quantitative estimate of drug-likeness (QED) is 0.385. The fourth-order valence-corrected chi connectivity index (χ4v) is 0.629. The van der Waals surface area contributed by atoms with E-state index in [1.807, 2.05) is 86.0 Å². The molecule has 0 aliphatic heterocycles. The summed E-state index contributed by atoms with van der Waals surface area (Å²) in [4.78, 5) is 0. The molecule has 0 spiro atoms. The third-order valence-corrected chi connectivity index (χ3v) is 1.14. The van der Waals surface area contributed by atoms with Crippen LogP contribution in [0.25, 0.3) is 0 Å². The highest BCUT2D eigenvalue weighted by molar-refractivity contribution is 5.21. The van der Waals surface area contributed by atoms with E-state index in [-0.39, 0.29) is 0 Å². The maximum Gasteiger partial charge on any atom is 0.0870 e. The van der Waals surface area contributed by atoms with Gasteiger partial charge in [-0.15, -0.1) is 5.11 Å². The molecular formula is C14H29N3. The van der Waals surface area contributed by atoms with Crippen LogP contribution in [0.5, 0.6) is 0 Å². The molecule has 0 aromatic carbocycles. The van der Waals surface area contributed by atoms with E-state index < -0.39 is 0 Å². The lowest BCUT2D eigenvalue weighted by Crippen LogP contribution is -1.99. The second kappa shape index (κ2) is 20.1. The molecule has 0 unspecified atom stereocenters. The Labute approximate surface area is 108 Å². The molecule has 0 atom stereocenters. The summed E-state index contributed by atoms with van der Waals surface area (Å²) < 4.78 is 0. The fourth-order valence-electron chi connectivity index (χ4n) is 0.629. The second-order valence-corrected chi connectivity index (χ2v) is 2.65. The van der Waals surface area contributed by atoms with E-state index in [2.05, 4.69) is 10.3 Å². The number of hydrogen-bond acceptors (Lipinski definition) is 2. The van der Waals surface area contributed by atoms with Gasteiger partial charge in [-0.05, 0) is 26.0 Å². The lowest BCUT2D eigenvalue weighted by atomic mass is 10.3. The third-order valence-electron chi connectivity index (χ3n) is 1.14. The topological polar surface area (TPSA) is 28.0 Å². The van der Waals surface area contributed by atoms with E-state index in [1.165, 1.54) is 0 Å². The van der Waals surface area contributed by atoms with Crippen LogP contribution in [0.3, 0.4) is 0 Å². The number of hydrogen-bond donors (Lipinski definition) is 0. The Morgan fingerprint density at radius 1 is 0.941 bits per heavy atom. The Hall–Kier alpha value is -1.38. The van der Waals surface area contributed by atoms with Crippen LogP contribution < -0.4 is 0 Å². The van der Waals surface area contributed by atoms with Gasteiger partial charge in [-0.3, -0.25) is 5.01 Å². The predicted octanol–water partition coefficient (Wildman–Crippen LogP) is 5.00. The van der Waals surface area contributed by atoms with Crippen LogP contribution in [-0.2, 0) is 0 Å². The van der Waals surface area contributed by atoms with Crippen molar-refractivity contribution in [1.82, 2.24) is 5.01 Å². The first-order chi connectivity index (χ1) is 8.20. The Balaban J connectivity index is -0.000000439. The van der Waals surface area contributed by atoms with Gasteiger partial charge >= 0.3 is 0 Å². The Morgan fingerprint density at radius 3 is 1.82 bits per heavy atom. The zero-order chi connectivity index (χ0) is 14.1. The predicted molar refractivity (Wildman–Crippen MR) is 79.0 cm³/mol. The van der Waals surface area contributed by atoms with Crippen molar-refractivity contribution in [2.75, 3.05) is 14.1 Å². The standard InChI is InChI=1S/C10H17N3.2C2H6/c1-5-7-9-10(8-6-2)11-12-13(3)4;2*1-2/h5-9H,1-4H3;2*1-2H3/b7-5-,8-6-,10-9+,12-11?;;. The summed E-state index contributed by atoms with van der Waals surface area (Å²) in [6, 6.07) is 0. The Kier molecular flexibility index (Phi) is 24.8. The minimum atomic E-state index is 0.842. The van der Waals surface area contributed by atoms with Gasteiger partial charge in [-0.1, -0.05) is 51.1 Å². The summed E-state index contributed by atoms with van der Waals surface area (Å²) in [5, 5.41) is 9.59. The van der Waals surface area contributed by atoms with Gasteiger partial charge in [-0.25, -0.2) is 0 Å². The van der Waals surface area contributed by atoms with Gasteiger partial charge in [0.2, 0.25) is 0 Å². The van der Waals surface area contributed by atoms with Gasteiger partial charge in [0.15, 0.2) is 0 Å². The molecule has 3 nitrogen and oxygen atoms in total. The Bertz CT molecular complexity index is 236. The van der Waals surface area contributed by atoms with Gasteiger partial charge < -0.3 is 0 Å². The van der Waals surface area contributed by atoms with E-state index in [0.717, 1.165) is 5.70 Å². The number of nitrogens with zero attached hydrogens (tertiary/aromatic N) is 3. The highest BCUT2D eigenvalue weighted by atomic mass is 15.5. The van der Waals surface area contributed by atoms with Crippen molar-refractivity contribution in [2.45, 2.75) is 41.5 Å². The van der Waals surface area contributed by atoms with Crippen LogP contribution in [0.15, 0.2) is 46.4 Å². The molecule has 0 saturated carbocycles. The molecule has 0 aliphatic rings. The van der Waals surface area contributed by atoms with Gasteiger partial charge in [0.25, 0.3) is 0 Å². The van der Waals surface area contributed by atoms with Crippen molar-refractivity contribution < 1.29 is 0 Å². The van der Waals surface area contributed by atoms with Crippen molar-refractivity contribution in [3.63, 3.8) is 0 Å². The molecule has 0 N–H and O–H groups in total. The molecule has 0 aromatic heterocycles. The maximum absolute atomic E-state index is 4.02. The van der Waals surface area contributed by atoms with E-state index in [0.29, 0.717) is 0 Å². The summed E-state index contributed by atoms with van der Waals surface area (Å²) in [7, 11) is 3.68. The van der Waals surface area contributed by atoms with Crippen molar-refractivity contribution in [2.24, 2.45) is 10.3 Å². The first-order valence-corrected chi connectivity index (χ1v) is 6.25. The SMILES string of the molecule is CC.CC.C\C=C/C=C(\C=C/C)N=NN(C)C. The lowest BCUT2D eigenvalue weighted by molar-refractivity contribution is 0.406. The summed E-state index contributed by atoms with van der Waals surface area (Å²) in [6.45, 7) is 11.9. The minimum Gasteiger partial charge on any atom is -0.285 e. The average molecular weight is 239 g/mol. The van der Waals surface area contributed by atoms with Gasteiger partial charge in [0.1, 0.15) is 0 Å². The van der Waals surface area contributed by atoms with Crippen LogP contribution in [-0.4, -0.2) is 19.1 Å². The molecular weight excluding hydrogens is 210 g/mol. The number of rotatable bonds is 4. The van der Waals surface area contributed by atoms with Crippen molar-refractivity contribution in [3.05, 3.63) is 36.1 Å². The van der Waals surface area contributed by atoms with Gasteiger partial charge in [-0.2, -0.15) is 0 Å². The summed E-state index contributed by atoms with van der Waals surface area (Å²) in [5.41, 5.74) is 0.842. The van der Waals surface area contributed by atoms with E-state index >= 15 is 0 Å². The molecule has 100 valence electrons. The smallest absolute Gasteiger partial charge is 0.0870 e. The van der Waals surface area contributed by atoms with Crippen LogP contribution in [0.2, 0.25) is 0 Å². The monoisotopic (exact) mass is 239 g/mol. The molecule has 0 rings (SSSR count). The van der Waals surface area contributed by atoms with E-state index in [1.54, 1.807) is 5.01 Å². The van der Waals surface area contributed by atoms with Crippen molar-refractivity contribution >= 4 is 0 Å². The Morgan fingerprint density at radius 2 is 1.47 bits per heavy atom. The molecule has 17 heavy (non-hydrogen) atoms. The van der Waals surface area contributed by atoms with Crippen molar-refractivity contribution in [1.29, 1.82) is 0 Å². The van der Waals surface area contributed by atoms with Crippen LogP contribution in [0, 0.1) is 0 Å². The lowest BCUT2D eigenvalue weighted by Gasteiger charge is -1.99. The average Bonchev–Trinajstić information content (AvgIpc) is 2.37. The molecule has 0 saturated heterocycles. The summed E-state index contributed by atoms with van der Waals surface area (Å²) in [5.74, 6) is 0. The first-order valence-electron chi connectivity index (χ1n) is 6.25. The molecule has 0 fully saturated rings. The van der Waals surface area contributed by atoms with E-state index in [4.69, 9.17) is 0 Å². The molecule has 0 amide bonds. The van der Waals surface area contributed by atoms with Gasteiger partial charge in [0, 0.05) is 14.1 Å². The molecule has 0 heterocycles. The molecule has 0 radical (unpaired) electrons. The number of allylic oxidation sites excluding steroid dienone is 5. The second-order valence-electron chi connectivity index (χ2n) is 2.65. The highest BCUT2D eigenvalue weighted by Crippen LogP contribution is 2.01. The van der Waals surface area contributed by atoms with Crippen molar-refractivity contribution in [3.8, 4) is 0 Å². The highest BCUT2D eigenvalue weighted by Gasteiger charge is 1.85. The third kappa shape index (κ3) is 20.6. The zero-order valence-electron chi connectivity index (χ0n) is 12.7. The first kappa shape index (κ1) is 21.0. The van der Waals surface area contributed by atoms with E-state index in [9.17, 15) is 0 Å². The minimum absolute atomic E-state index is 0.842. The zero-order valence-corrected chi connectivity index (χ0v) is 12.7. The fraction of sp³-hybridized carbons (Fsp3) is 0.571. The molecule has 0 aromatic rings. The normalized spacial score (nSPS) is 11.2. The van der Waals surface area contributed by atoms with Crippen LogP contribution >= 0.6 is 0 Å². The summed E-state index contributed by atoms with van der Waals surface area (Å²) >= 11 is 0. The molecule has 0 aliphatic carbocycles. The van der Waals surface area contributed by atoms with Crippen LogP contribution in [0.4, 0.5) is 0 Å². The maximum atomic E-state index is 4.02. The molecule has 0 bridgehead atoms. The largest absolute Gasteiger partial charge is 0.285 e. The van der Waals surface area contributed by atoms with Crippen LogP contribution in [0.1, 0.15) is 41.5 Å². The van der Waals surface area contributed by atoms with Gasteiger partial charge in [0.05, 0.1) is 5.70 Å². The molecule has 3 heteroatoms.